The summed E-state index contributed by atoms with van der Waals surface area (Å²) in [6.45, 7) is 0.668. The maximum Gasteiger partial charge on any atom is 0.490 e. The van der Waals surface area contributed by atoms with Crippen molar-refractivity contribution < 1.29 is 60.8 Å². The van der Waals surface area contributed by atoms with Gasteiger partial charge in [0.1, 0.15) is 0 Å². The zero-order chi connectivity index (χ0) is 29.6. The Morgan fingerprint density at radius 3 is 1.89 bits per heavy atom. The molecule has 3 atom stereocenters. The van der Waals surface area contributed by atoms with Crippen LogP contribution >= 0.6 is 0 Å². The highest BCUT2D eigenvalue weighted by Gasteiger charge is 2.38. The van der Waals surface area contributed by atoms with Gasteiger partial charge in [-0.2, -0.15) is 26.3 Å². The summed E-state index contributed by atoms with van der Waals surface area (Å²) in [4.78, 5) is 54.5. The molecule has 22 heteroatoms. The Bertz CT molecular complexity index is 814. The zero-order valence-corrected chi connectivity index (χ0v) is 18.5. The summed E-state index contributed by atoms with van der Waals surface area (Å²) in [7, 11) is 0. The third-order valence-corrected chi connectivity index (χ3v) is 3.80. The van der Waals surface area contributed by atoms with Crippen molar-refractivity contribution in [3.05, 3.63) is 10.1 Å². The van der Waals surface area contributed by atoms with Gasteiger partial charge in [-0.15, -0.1) is 0 Å². The molecule has 1 rings (SSSR count). The average molecular weight is 558 g/mol. The fraction of sp³-hybridized carbons (Fsp3) is 0.667. The van der Waals surface area contributed by atoms with E-state index >= 15 is 0 Å². The van der Waals surface area contributed by atoms with Gasteiger partial charge in [-0.1, -0.05) is 5.43 Å². The number of hydrazine groups is 1. The monoisotopic (exact) mass is 558 g/mol. The van der Waals surface area contributed by atoms with Crippen LogP contribution in [0.15, 0.2) is 4.99 Å². The Morgan fingerprint density at radius 1 is 1.08 bits per heavy atom. The minimum atomic E-state index is -5.08. The maximum atomic E-state index is 11.9. The highest BCUT2D eigenvalue weighted by atomic mass is 19.4. The van der Waals surface area contributed by atoms with E-state index in [2.05, 4.69) is 15.6 Å². The van der Waals surface area contributed by atoms with Crippen LogP contribution in [0.2, 0.25) is 0 Å². The number of carboxylic acid groups (broad SMARTS) is 2. The molecule has 0 bridgehead atoms. The Balaban J connectivity index is 0. The number of rotatable bonds is 8. The lowest BCUT2D eigenvalue weighted by molar-refractivity contribution is -0.525. The molecule has 0 unspecified atom stereocenters. The molecule has 1 aliphatic heterocycles. The predicted molar refractivity (Wildman–Crippen MR) is 109 cm³/mol. The van der Waals surface area contributed by atoms with Gasteiger partial charge >= 0.3 is 24.3 Å². The number of primary amides is 1. The maximum absolute atomic E-state index is 11.9. The van der Waals surface area contributed by atoms with Crippen LogP contribution in [-0.2, 0) is 19.2 Å². The minimum Gasteiger partial charge on any atom is -0.475 e. The number of nitrogens with two attached hydrogens (primary N) is 3. The molecule has 11 N–H and O–H groups in total. The molecular formula is C15H24F6N8O8. The summed E-state index contributed by atoms with van der Waals surface area (Å²) in [6, 6.07) is -1.37. The van der Waals surface area contributed by atoms with Gasteiger partial charge in [0.05, 0.1) is 12.1 Å². The Hall–Kier alpha value is -3.95. The van der Waals surface area contributed by atoms with E-state index in [4.69, 9.17) is 37.0 Å². The molecule has 0 aliphatic carbocycles. The minimum absolute atomic E-state index is 0.191. The number of alkyl halides is 6. The number of hydrogen-bond acceptors (Lipinski definition) is 9. The van der Waals surface area contributed by atoms with Crippen LogP contribution in [0.4, 0.5) is 26.3 Å². The first kappa shape index (κ1) is 35.2. The Kier molecular flexibility index (Phi) is 15.2. The van der Waals surface area contributed by atoms with Gasteiger partial charge in [0, 0.05) is 19.1 Å². The van der Waals surface area contributed by atoms with E-state index < -0.39 is 47.3 Å². The number of nitrogens with one attached hydrogen (secondary N) is 3. The number of aliphatic carboxylic acids is 2. The van der Waals surface area contributed by atoms with Crippen LogP contribution in [0.5, 0.6) is 0 Å². The predicted octanol–water partition coefficient (Wildman–Crippen LogP) is -2.21. The first-order chi connectivity index (χ1) is 16.7. The van der Waals surface area contributed by atoms with E-state index in [-0.39, 0.29) is 24.5 Å². The molecule has 0 aromatic rings. The van der Waals surface area contributed by atoms with Crippen molar-refractivity contribution >= 4 is 29.7 Å². The molecule has 214 valence electrons. The average Bonchev–Trinajstić information content (AvgIpc) is 3.18. The fourth-order valence-electron chi connectivity index (χ4n) is 2.14. The van der Waals surface area contributed by atoms with E-state index in [1.165, 1.54) is 0 Å². The van der Waals surface area contributed by atoms with Gasteiger partial charge in [0.2, 0.25) is 11.8 Å². The third-order valence-electron chi connectivity index (χ3n) is 3.80. The van der Waals surface area contributed by atoms with E-state index in [9.17, 15) is 46.0 Å². The second-order valence-corrected chi connectivity index (χ2v) is 6.79. The smallest absolute Gasteiger partial charge is 0.475 e. The molecule has 0 saturated carbocycles. The highest BCUT2D eigenvalue weighted by molar-refractivity contribution is 5.83. The first-order valence-electron chi connectivity index (χ1n) is 9.58. The number of nitrogens with zero attached hydrogens (tertiary/aromatic N) is 2. The van der Waals surface area contributed by atoms with Crippen molar-refractivity contribution in [3.8, 4) is 0 Å². The lowest BCUT2D eigenvalue weighted by Gasteiger charge is -2.16. The largest absolute Gasteiger partial charge is 0.490 e. The van der Waals surface area contributed by atoms with Crippen molar-refractivity contribution in [3.63, 3.8) is 0 Å². The normalized spacial score (nSPS) is 18.2. The van der Waals surface area contributed by atoms with Crippen molar-refractivity contribution in [2.45, 2.75) is 49.7 Å². The van der Waals surface area contributed by atoms with Crippen LogP contribution < -0.4 is 33.3 Å². The molecule has 1 fully saturated rings. The Labute approximate surface area is 202 Å². The molecule has 1 aliphatic rings. The van der Waals surface area contributed by atoms with Crippen molar-refractivity contribution in [1.29, 1.82) is 0 Å². The topological polar surface area (TPSA) is 278 Å². The van der Waals surface area contributed by atoms with Gasteiger partial charge in [0.25, 0.3) is 5.96 Å². The van der Waals surface area contributed by atoms with Gasteiger partial charge in [-0.25, -0.2) is 24.7 Å². The van der Waals surface area contributed by atoms with E-state index in [0.717, 1.165) is 0 Å². The number of carbonyl (C=O) groups is 4. The number of guanidine groups is 1. The molecule has 2 amide bonds. The van der Waals surface area contributed by atoms with Crippen LogP contribution in [0.1, 0.15) is 19.3 Å². The van der Waals surface area contributed by atoms with Crippen LogP contribution in [-0.4, -0.2) is 88.5 Å². The molecule has 0 aromatic heterocycles. The van der Waals surface area contributed by atoms with Gasteiger partial charge in [0.15, 0.2) is 5.03 Å². The first-order valence-corrected chi connectivity index (χ1v) is 9.58. The lowest BCUT2D eigenvalue weighted by atomic mass is 10.1. The summed E-state index contributed by atoms with van der Waals surface area (Å²) in [5, 5.41) is 29.2. The summed E-state index contributed by atoms with van der Waals surface area (Å²) in [6.07, 6.45) is -8.94. The van der Waals surface area contributed by atoms with Gasteiger partial charge in [-0.3, -0.25) is 9.59 Å². The zero-order valence-electron chi connectivity index (χ0n) is 18.5. The van der Waals surface area contributed by atoms with E-state index in [1.54, 1.807) is 5.43 Å². The number of halogens is 6. The second-order valence-electron chi connectivity index (χ2n) is 6.79. The Morgan fingerprint density at radius 2 is 1.54 bits per heavy atom. The van der Waals surface area contributed by atoms with E-state index in [1.807, 2.05) is 0 Å². The molecular weight excluding hydrogens is 534 g/mol. The number of aliphatic imine (C=N–C) groups is 1. The molecule has 16 nitrogen and oxygen atoms in total. The van der Waals surface area contributed by atoms with Crippen molar-refractivity contribution in [2.75, 3.05) is 13.1 Å². The van der Waals surface area contributed by atoms with Crippen molar-refractivity contribution in [1.82, 2.24) is 16.1 Å². The third kappa shape index (κ3) is 18.0. The molecule has 0 spiro atoms. The summed E-state index contributed by atoms with van der Waals surface area (Å²) >= 11 is 0. The number of hydrogen-bond donors (Lipinski definition) is 8. The number of carboxylic acids is 2. The SMILES string of the molecule is NC(=O)[C@@H]1C[C@H](NC(=O)[C@@H](N)CCCN=C(N)N[N+](=O)[O-])CN1.O=C(O)C(F)(F)F.O=C(O)C(F)(F)F. The summed E-state index contributed by atoms with van der Waals surface area (Å²) < 4.78 is 63.5. The van der Waals surface area contributed by atoms with Crippen LogP contribution in [0.3, 0.4) is 0 Å². The lowest BCUT2D eigenvalue weighted by Crippen LogP contribution is -2.46. The molecule has 37 heavy (non-hydrogen) atoms. The second kappa shape index (κ2) is 15.9. The van der Waals surface area contributed by atoms with Crippen molar-refractivity contribution in [2.24, 2.45) is 22.2 Å². The van der Waals surface area contributed by atoms with Gasteiger partial charge in [-0.05, 0) is 19.3 Å². The van der Waals surface area contributed by atoms with Crippen LogP contribution in [0.25, 0.3) is 0 Å². The quantitative estimate of drug-likeness (QED) is 0.0393. The highest BCUT2D eigenvalue weighted by Crippen LogP contribution is 2.13. The molecule has 0 radical (unpaired) electrons. The van der Waals surface area contributed by atoms with E-state index in [0.29, 0.717) is 25.8 Å². The number of carbonyl (C=O) groups excluding carboxylic acids is 2. The molecule has 0 aromatic carbocycles. The molecule has 1 heterocycles. The fourth-order valence-corrected chi connectivity index (χ4v) is 2.14. The van der Waals surface area contributed by atoms with Crippen LogP contribution in [0, 0.1) is 10.1 Å². The molecule has 1 saturated heterocycles. The van der Waals surface area contributed by atoms with Gasteiger partial charge < -0.3 is 38.0 Å². The standard InChI is InChI=1S/C11H22N8O4.2C2HF3O2/c12-7(2-1-3-15-11(14)18-19(22)23)10(21)17-6-4-8(9(13)20)16-5-6;2*3-2(4,5)1(6)7/h6-8,16H,1-5,12H2,(H2,13,20)(H,17,21)(H3,14,15,18);2*(H,6,7)/t6-,7-,8-;;/m0../s1. The summed E-state index contributed by atoms with van der Waals surface area (Å²) in [5.41, 5.74) is 17.9. The summed E-state index contributed by atoms with van der Waals surface area (Å²) in [5.74, 6) is -6.60. The number of amides is 2. The number of nitro groups is 1.